The largest absolute Gasteiger partial charge is 0.447 e. The van der Waals surface area contributed by atoms with Gasteiger partial charge in [-0.15, -0.1) is 10.2 Å². The molecule has 3 aromatic rings. The van der Waals surface area contributed by atoms with Crippen molar-refractivity contribution in [3.63, 3.8) is 0 Å². The molecule has 0 radical (unpaired) electrons. The van der Waals surface area contributed by atoms with E-state index in [4.69, 9.17) is 16.3 Å². The first kappa shape index (κ1) is 18.7. The Hall–Kier alpha value is -2.64. The lowest BCUT2D eigenvalue weighted by atomic mass is 10.1. The van der Waals surface area contributed by atoms with Crippen LogP contribution in [0.4, 0.5) is 5.69 Å². The van der Waals surface area contributed by atoms with Crippen LogP contribution in [-0.4, -0.2) is 26.8 Å². The van der Waals surface area contributed by atoms with E-state index in [0.717, 1.165) is 16.9 Å². The van der Waals surface area contributed by atoms with Crippen LogP contribution in [0.25, 0.3) is 11.3 Å². The van der Waals surface area contributed by atoms with E-state index in [1.54, 1.807) is 17.0 Å². The SMILES string of the molecule is CCSc1nnc2c(n1)O[C@@H](c1cccc(Cl)c1)N(C(C)=O)c1ccccc1-2. The minimum Gasteiger partial charge on any atom is -0.447 e. The first-order chi connectivity index (χ1) is 13.6. The van der Waals surface area contributed by atoms with Gasteiger partial charge in [-0.2, -0.15) is 4.98 Å². The Morgan fingerprint density at radius 1 is 1.21 bits per heavy atom. The molecule has 2 heterocycles. The number of thioether (sulfide) groups is 1. The number of aromatic nitrogens is 3. The Balaban J connectivity index is 1.95. The van der Waals surface area contributed by atoms with Gasteiger partial charge in [0.05, 0.1) is 5.69 Å². The maximum atomic E-state index is 12.7. The number of carbonyl (C=O) groups excluding carboxylic acids is 1. The summed E-state index contributed by atoms with van der Waals surface area (Å²) in [5.74, 6) is 0.988. The molecule has 0 spiro atoms. The summed E-state index contributed by atoms with van der Waals surface area (Å²) in [6.07, 6.45) is -0.727. The van der Waals surface area contributed by atoms with Gasteiger partial charge in [-0.25, -0.2) is 0 Å². The molecule has 0 N–H and O–H groups in total. The summed E-state index contributed by atoms with van der Waals surface area (Å²) in [5.41, 5.74) is 2.68. The average molecular weight is 413 g/mol. The molecule has 1 amide bonds. The molecule has 0 aliphatic carbocycles. The van der Waals surface area contributed by atoms with E-state index < -0.39 is 6.23 Å². The third kappa shape index (κ3) is 3.43. The van der Waals surface area contributed by atoms with Crippen LogP contribution in [0.1, 0.15) is 25.6 Å². The van der Waals surface area contributed by atoms with Crippen LogP contribution in [-0.2, 0) is 4.79 Å². The molecule has 2 aromatic carbocycles. The van der Waals surface area contributed by atoms with E-state index in [-0.39, 0.29) is 5.91 Å². The summed E-state index contributed by atoms with van der Waals surface area (Å²) in [4.78, 5) is 18.8. The molecule has 142 valence electrons. The van der Waals surface area contributed by atoms with Gasteiger partial charge >= 0.3 is 0 Å². The minimum atomic E-state index is -0.727. The highest BCUT2D eigenvalue weighted by Gasteiger charge is 2.34. The third-order valence-corrected chi connectivity index (χ3v) is 5.21. The fourth-order valence-corrected chi connectivity index (χ4v) is 3.82. The molecule has 4 rings (SSSR count). The molecule has 0 bridgehead atoms. The Morgan fingerprint density at radius 3 is 2.79 bits per heavy atom. The van der Waals surface area contributed by atoms with Crippen molar-refractivity contribution in [1.29, 1.82) is 0 Å². The summed E-state index contributed by atoms with van der Waals surface area (Å²) >= 11 is 7.68. The molecular weight excluding hydrogens is 396 g/mol. The highest BCUT2D eigenvalue weighted by Crippen LogP contribution is 2.43. The average Bonchev–Trinajstić information content (AvgIpc) is 2.82. The second-order valence-electron chi connectivity index (χ2n) is 6.11. The van der Waals surface area contributed by atoms with Crippen molar-refractivity contribution >= 4 is 35.0 Å². The number of ether oxygens (including phenoxy) is 1. The van der Waals surface area contributed by atoms with E-state index in [0.29, 0.717) is 27.4 Å². The van der Waals surface area contributed by atoms with Crippen molar-refractivity contribution in [3.8, 4) is 17.1 Å². The summed E-state index contributed by atoms with van der Waals surface area (Å²) in [6.45, 7) is 3.52. The maximum absolute atomic E-state index is 12.7. The van der Waals surface area contributed by atoms with E-state index in [1.165, 1.54) is 18.7 Å². The number of carbonyl (C=O) groups is 1. The van der Waals surface area contributed by atoms with Crippen LogP contribution in [0.15, 0.2) is 53.7 Å². The fourth-order valence-electron chi connectivity index (χ4n) is 3.12. The predicted molar refractivity (Wildman–Crippen MR) is 110 cm³/mol. The van der Waals surface area contributed by atoms with Gasteiger partial charge in [-0.3, -0.25) is 9.69 Å². The zero-order chi connectivity index (χ0) is 19.7. The van der Waals surface area contributed by atoms with Crippen molar-refractivity contribution in [3.05, 3.63) is 59.1 Å². The standard InChI is InChI=1S/C20H17ClN4O2S/c1-3-28-20-22-18-17(23-24-20)15-9-4-5-10-16(15)25(12(2)26)19(27-18)13-7-6-8-14(21)11-13/h4-11,19H,3H2,1-2H3/t19-/m0/s1. The molecule has 0 unspecified atom stereocenters. The van der Waals surface area contributed by atoms with E-state index in [9.17, 15) is 4.79 Å². The molecule has 0 fully saturated rings. The maximum Gasteiger partial charge on any atom is 0.247 e. The normalized spacial score (nSPS) is 15.2. The quantitative estimate of drug-likeness (QED) is 0.578. The summed E-state index contributed by atoms with van der Waals surface area (Å²) < 4.78 is 6.26. The Morgan fingerprint density at radius 2 is 2.04 bits per heavy atom. The van der Waals surface area contributed by atoms with Gasteiger partial charge in [0.25, 0.3) is 0 Å². The Labute approximate surface area is 171 Å². The van der Waals surface area contributed by atoms with E-state index >= 15 is 0 Å². The number of fused-ring (bicyclic) bond motifs is 3. The number of halogens is 1. The number of hydrogen-bond donors (Lipinski definition) is 0. The van der Waals surface area contributed by atoms with Crippen LogP contribution in [0.2, 0.25) is 5.02 Å². The van der Waals surface area contributed by atoms with Gasteiger partial charge in [0.2, 0.25) is 23.2 Å². The molecular formula is C20H17ClN4O2S. The van der Waals surface area contributed by atoms with E-state index in [1.807, 2.05) is 43.3 Å². The molecule has 6 nitrogen and oxygen atoms in total. The van der Waals surface area contributed by atoms with Gasteiger partial charge in [0.15, 0.2) is 5.69 Å². The second-order valence-corrected chi connectivity index (χ2v) is 7.78. The highest BCUT2D eigenvalue weighted by molar-refractivity contribution is 7.99. The molecule has 1 aliphatic rings. The van der Waals surface area contributed by atoms with Crippen molar-refractivity contribution in [2.45, 2.75) is 25.2 Å². The summed E-state index contributed by atoms with van der Waals surface area (Å²) in [6, 6.07) is 14.8. The molecule has 0 saturated heterocycles. The number of anilines is 1. The van der Waals surface area contributed by atoms with Crippen molar-refractivity contribution in [2.75, 3.05) is 10.7 Å². The lowest BCUT2D eigenvalue weighted by Crippen LogP contribution is -2.36. The molecule has 1 aromatic heterocycles. The van der Waals surface area contributed by atoms with Crippen LogP contribution >= 0.6 is 23.4 Å². The van der Waals surface area contributed by atoms with Gasteiger partial charge in [-0.1, -0.05) is 60.6 Å². The van der Waals surface area contributed by atoms with Crippen molar-refractivity contribution in [2.24, 2.45) is 0 Å². The fraction of sp³-hybridized carbons (Fsp3) is 0.200. The monoisotopic (exact) mass is 412 g/mol. The number of hydrogen-bond acceptors (Lipinski definition) is 6. The lowest BCUT2D eigenvalue weighted by molar-refractivity contribution is -0.118. The Bertz CT molecular complexity index is 1050. The number of rotatable bonds is 3. The van der Waals surface area contributed by atoms with E-state index in [2.05, 4.69) is 15.2 Å². The van der Waals surface area contributed by atoms with Gasteiger partial charge in [0.1, 0.15) is 0 Å². The molecule has 8 heteroatoms. The van der Waals surface area contributed by atoms with Crippen LogP contribution < -0.4 is 9.64 Å². The minimum absolute atomic E-state index is 0.165. The highest BCUT2D eigenvalue weighted by atomic mass is 35.5. The molecule has 28 heavy (non-hydrogen) atoms. The third-order valence-electron chi connectivity index (χ3n) is 4.26. The topological polar surface area (TPSA) is 68.2 Å². The van der Waals surface area contributed by atoms with Crippen molar-refractivity contribution in [1.82, 2.24) is 15.2 Å². The Kier molecular flexibility index (Phi) is 5.19. The number of benzene rings is 2. The zero-order valence-corrected chi connectivity index (χ0v) is 16.9. The number of amides is 1. The zero-order valence-electron chi connectivity index (χ0n) is 15.3. The lowest BCUT2D eigenvalue weighted by Gasteiger charge is -2.29. The van der Waals surface area contributed by atoms with Gasteiger partial charge in [-0.05, 0) is 24.0 Å². The molecule has 1 aliphatic heterocycles. The van der Waals surface area contributed by atoms with Gasteiger partial charge < -0.3 is 4.74 Å². The van der Waals surface area contributed by atoms with Crippen LogP contribution in [0.3, 0.4) is 0 Å². The van der Waals surface area contributed by atoms with Crippen molar-refractivity contribution < 1.29 is 9.53 Å². The smallest absolute Gasteiger partial charge is 0.247 e. The second kappa shape index (κ2) is 7.77. The van der Waals surface area contributed by atoms with Crippen LogP contribution in [0.5, 0.6) is 5.88 Å². The molecule has 0 saturated carbocycles. The molecule has 1 atom stereocenters. The van der Waals surface area contributed by atoms with Crippen LogP contribution in [0, 0.1) is 0 Å². The summed E-state index contributed by atoms with van der Waals surface area (Å²) in [7, 11) is 0. The summed E-state index contributed by atoms with van der Waals surface area (Å²) in [5, 5.41) is 9.65. The number of para-hydroxylation sites is 1. The first-order valence-electron chi connectivity index (χ1n) is 8.77. The number of nitrogens with zero attached hydrogens (tertiary/aromatic N) is 4. The first-order valence-corrected chi connectivity index (χ1v) is 10.1. The van der Waals surface area contributed by atoms with Gasteiger partial charge in [0, 0.05) is 23.1 Å². The predicted octanol–water partition coefficient (Wildman–Crippen LogP) is 4.75.